The van der Waals surface area contributed by atoms with Crippen molar-refractivity contribution in [2.24, 2.45) is 0 Å². The van der Waals surface area contributed by atoms with Crippen molar-refractivity contribution in [3.63, 3.8) is 0 Å². The molecule has 0 aliphatic rings. The van der Waals surface area contributed by atoms with Crippen LogP contribution in [0.15, 0.2) is 56.7 Å². The summed E-state index contributed by atoms with van der Waals surface area (Å²) < 4.78 is 14.5. The van der Waals surface area contributed by atoms with E-state index in [1.54, 1.807) is 6.07 Å². The second-order valence-electron chi connectivity index (χ2n) is 3.45. The topological polar surface area (TPSA) is 37.3 Å². The third-order valence-electron chi connectivity index (χ3n) is 2.25. The quantitative estimate of drug-likeness (QED) is 0.906. The lowest BCUT2D eigenvalue weighted by Crippen LogP contribution is -2.00. The molecule has 5 heteroatoms. The maximum absolute atomic E-state index is 13.7. The number of aromatic carboxylic acids is 1. The molecule has 0 amide bonds. The van der Waals surface area contributed by atoms with Crippen LogP contribution >= 0.6 is 27.7 Å². The Morgan fingerprint density at radius 1 is 1.17 bits per heavy atom. The standard InChI is InChI=1S/C13H8BrFO2S/c14-9-5-1-2-7-11(9)18-12-8(13(16)17)4-3-6-10(12)15/h1-7H,(H,16,17). The summed E-state index contributed by atoms with van der Waals surface area (Å²) in [5.74, 6) is -1.67. The van der Waals surface area contributed by atoms with Crippen molar-refractivity contribution in [1.29, 1.82) is 0 Å². The van der Waals surface area contributed by atoms with Gasteiger partial charge in [-0.15, -0.1) is 0 Å². The maximum Gasteiger partial charge on any atom is 0.336 e. The predicted octanol–water partition coefficient (Wildman–Crippen LogP) is 4.44. The second-order valence-corrected chi connectivity index (χ2v) is 5.36. The number of carbonyl (C=O) groups is 1. The van der Waals surface area contributed by atoms with Crippen molar-refractivity contribution in [3.05, 3.63) is 58.3 Å². The minimum absolute atomic E-state index is 0.0317. The van der Waals surface area contributed by atoms with E-state index in [0.717, 1.165) is 21.1 Å². The maximum atomic E-state index is 13.7. The number of hydrogen-bond donors (Lipinski definition) is 1. The Morgan fingerprint density at radius 2 is 1.89 bits per heavy atom. The lowest BCUT2D eigenvalue weighted by molar-refractivity contribution is 0.0692. The predicted molar refractivity (Wildman–Crippen MR) is 71.6 cm³/mol. The van der Waals surface area contributed by atoms with Gasteiger partial charge in [-0.1, -0.05) is 30.0 Å². The highest BCUT2D eigenvalue weighted by molar-refractivity contribution is 9.10. The third-order valence-corrected chi connectivity index (χ3v) is 4.39. The van der Waals surface area contributed by atoms with Gasteiger partial charge < -0.3 is 5.11 Å². The molecular weight excluding hydrogens is 319 g/mol. The van der Waals surface area contributed by atoms with E-state index in [0.29, 0.717) is 0 Å². The Hall–Kier alpha value is -1.33. The highest BCUT2D eigenvalue weighted by atomic mass is 79.9. The first-order valence-corrected chi connectivity index (χ1v) is 6.64. The molecule has 0 bridgehead atoms. The Bertz CT molecular complexity index is 601. The summed E-state index contributed by atoms with van der Waals surface area (Å²) in [4.78, 5) is 11.9. The highest BCUT2D eigenvalue weighted by Crippen LogP contribution is 2.36. The molecule has 2 rings (SSSR count). The van der Waals surface area contributed by atoms with Gasteiger partial charge in [-0.2, -0.15) is 0 Å². The average molecular weight is 327 g/mol. The van der Waals surface area contributed by atoms with E-state index in [4.69, 9.17) is 5.11 Å². The van der Waals surface area contributed by atoms with Crippen molar-refractivity contribution in [2.75, 3.05) is 0 Å². The van der Waals surface area contributed by atoms with Gasteiger partial charge in [0.1, 0.15) is 5.82 Å². The first-order chi connectivity index (χ1) is 8.59. The van der Waals surface area contributed by atoms with Gasteiger partial charge in [-0.05, 0) is 40.2 Å². The molecule has 0 atom stereocenters. The largest absolute Gasteiger partial charge is 0.478 e. The molecule has 2 aromatic carbocycles. The van der Waals surface area contributed by atoms with Crippen LogP contribution in [0.1, 0.15) is 10.4 Å². The van der Waals surface area contributed by atoms with Crippen LogP contribution in [0.4, 0.5) is 4.39 Å². The van der Waals surface area contributed by atoms with Gasteiger partial charge in [0, 0.05) is 9.37 Å². The van der Waals surface area contributed by atoms with Crippen LogP contribution < -0.4 is 0 Å². The highest BCUT2D eigenvalue weighted by Gasteiger charge is 2.16. The van der Waals surface area contributed by atoms with Gasteiger partial charge in [0.25, 0.3) is 0 Å². The summed E-state index contributed by atoms with van der Waals surface area (Å²) in [7, 11) is 0. The van der Waals surface area contributed by atoms with Crippen LogP contribution in [0, 0.1) is 5.82 Å². The van der Waals surface area contributed by atoms with E-state index < -0.39 is 11.8 Å². The van der Waals surface area contributed by atoms with Gasteiger partial charge >= 0.3 is 5.97 Å². The van der Waals surface area contributed by atoms with Crippen LogP contribution in [0.5, 0.6) is 0 Å². The van der Waals surface area contributed by atoms with E-state index in [-0.39, 0.29) is 10.5 Å². The minimum atomic E-state index is -1.14. The van der Waals surface area contributed by atoms with Crippen LogP contribution in [0.3, 0.4) is 0 Å². The Labute approximate surface area is 116 Å². The molecule has 0 aromatic heterocycles. The second kappa shape index (κ2) is 5.54. The van der Waals surface area contributed by atoms with Crippen molar-refractivity contribution in [3.8, 4) is 0 Å². The molecule has 0 aliphatic carbocycles. The number of carboxylic acid groups (broad SMARTS) is 1. The number of rotatable bonds is 3. The van der Waals surface area contributed by atoms with Gasteiger partial charge in [0.15, 0.2) is 0 Å². The average Bonchev–Trinajstić information content (AvgIpc) is 2.34. The van der Waals surface area contributed by atoms with E-state index in [1.165, 1.54) is 18.2 Å². The Morgan fingerprint density at radius 3 is 2.56 bits per heavy atom. The fourth-order valence-electron chi connectivity index (χ4n) is 1.42. The number of carboxylic acids is 1. The van der Waals surface area contributed by atoms with Crippen molar-refractivity contribution in [1.82, 2.24) is 0 Å². The van der Waals surface area contributed by atoms with Crippen molar-refractivity contribution < 1.29 is 14.3 Å². The summed E-state index contributed by atoms with van der Waals surface area (Å²) in [5, 5.41) is 9.05. The summed E-state index contributed by atoms with van der Waals surface area (Å²) >= 11 is 4.44. The molecule has 1 N–H and O–H groups in total. The SMILES string of the molecule is O=C(O)c1cccc(F)c1Sc1ccccc1Br. The van der Waals surface area contributed by atoms with Gasteiger partial charge in [0.2, 0.25) is 0 Å². The van der Waals surface area contributed by atoms with Crippen LogP contribution in [0.2, 0.25) is 0 Å². The van der Waals surface area contributed by atoms with Crippen LogP contribution in [-0.2, 0) is 0 Å². The number of benzene rings is 2. The number of halogens is 2. The zero-order chi connectivity index (χ0) is 13.1. The van der Waals surface area contributed by atoms with Crippen LogP contribution in [0.25, 0.3) is 0 Å². The molecule has 2 nitrogen and oxygen atoms in total. The summed E-state index contributed by atoms with van der Waals surface area (Å²) in [6.07, 6.45) is 0. The fraction of sp³-hybridized carbons (Fsp3) is 0. The molecule has 0 saturated carbocycles. The lowest BCUT2D eigenvalue weighted by Gasteiger charge is -2.08. The molecule has 0 saturated heterocycles. The van der Waals surface area contributed by atoms with E-state index in [1.807, 2.05) is 18.2 Å². The van der Waals surface area contributed by atoms with Crippen molar-refractivity contribution >= 4 is 33.7 Å². The zero-order valence-corrected chi connectivity index (χ0v) is 11.5. The Balaban J connectivity index is 2.46. The Kier molecular flexibility index (Phi) is 4.04. The van der Waals surface area contributed by atoms with Gasteiger partial charge in [-0.25, -0.2) is 9.18 Å². The monoisotopic (exact) mass is 326 g/mol. The van der Waals surface area contributed by atoms with Gasteiger partial charge in [-0.3, -0.25) is 0 Å². The molecule has 0 unspecified atom stereocenters. The van der Waals surface area contributed by atoms with Crippen molar-refractivity contribution in [2.45, 2.75) is 9.79 Å². The molecule has 2 aromatic rings. The molecule has 0 radical (unpaired) electrons. The molecule has 0 spiro atoms. The minimum Gasteiger partial charge on any atom is -0.478 e. The smallest absolute Gasteiger partial charge is 0.336 e. The summed E-state index contributed by atoms with van der Waals surface area (Å²) in [6, 6.07) is 11.3. The molecular formula is C13H8BrFO2S. The molecule has 18 heavy (non-hydrogen) atoms. The first kappa shape index (κ1) is 13.1. The molecule has 92 valence electrons. The van der Waals surface area contributed by atoms with Crippen LogP contribution in [-0.4, -0.2) is 11.1 Å². The summed E-state index contributed by atoms with van der Waals surface area (Å²) in [5.41, 5.74) is -0.0317. The van der Waals surface area contributed by atoms with Gasteiger partial charge in [0.05, 0.1) is 10.5 Å². The van der Waals surface area contributed by atoms with E-state index >= 15 is 0 Å². The molecule has 0 aliphatic heterocycles. The number of hydrogen-bond acceptors (Lipinski definition) is 2. The normalized spacial score (nSPS) is 10.3. The summed E-state index contributed by atoms with van der Waals surface area (Å²) in [6.45, 7) is 0. The third kappa shape index (κ3) is 2.73. The molecule has 0 fully saturated rings. The lowest BCUT2D eigenvalue weighted by atomic mass is 10.2. The molecule has 0 heterocycles. The van der Waals surface area contributed by atoms with E-state index in [2.05, 4.69) is 15.9 Å². The first-order valence-electron chi connectivity index (χ1n) is 5.04. The fourth-order valence-corrected chi connectivity index (χ4v) is 2.91. The zero-order valence-electron chi connectivity index (χ0n) is 9.06. The van der Waals surface area contributed by atoms with E-state index in [9.17, 15) is 9.18 Å².